The van der Waals surface area contributed by atoms with Crippen molar-refractivity contribution in [2.45, 2.75) is 12.7 Å². The van der Waals surface area contributed by atoms with Crippen LogP contribution in [0.15, 0.2) is 66.7 Å². The summed E-state index contributed by atoms with van der Waals surface area (Å²) in [6.07, 6.45) is 0. The van der Waals surface area contributed by atoms with Crippen molar-refractivity contribution in [3.05, 3.63) is 100 Å². The lowest BCUT2D eigenvalue weighted by Crippen LogP contribution is -2.30. The van der Waals surface area contributed by atoms with Gasteiger partial charge in [-0.15, -0.1) is 0 Å². The average molecular weight is 449 g/mol. The highest BCUT2D eigenvalue weighted by Crippen LogP contribution is 2.31. The van der Waals surface area contributed by atoms with Crippen LogP contribution in [-0.2, 0) is 5.75 Å². The molecule has 0 spiro atoms. The molecule has 1 aliphatic rings. The summed E-state index contributed by atoms with van der Waals surface area (Å²) in [4.78, 5) is 39.4. The quantitative estimate of drug-likeness (QED) is 0.424. The van der Waals surface area contributed by atoms with E-state index in [2.05, 4.69) is 5.32 Å². The van der Waals surface area contributed by atoms with Crippen LogP contribution in [0.1, 0.15) is 42.2 Å². The molecule has 0 radical (unpaired) electrons. The third-order valence-corrected chi connectivity index (χ3v) is 6.26. The Morgan fingerprint density at radius 2 is 1.69 bits per heavy atom. The summed E-state index contributed by atoms with van der Waals surface area (Å²) in [6.45, 7) is 2.24. The van der Waals surface area contributed by atoms with Gasteiger partial charge in [0.1, 0.15) is 5.82 Å². The number of thioether (sulfide) groups is 1. The highest BCUT2D eigenvalue weighted by molar-refractivity contribution is 7.98. The molecule has 3 amide bonds. The standard InChI is InChI=1S/C25H21FN2O3S/c1-16-6-2-5-9-22(16)28-24(30)19-11-10-17(14-20(19)25(28)31)23(29)27-12-13-32-15-18-7-3-4-8-21(18)26/h2-11,14H,12-13,15H2,1H3,(H,27,29). The molecule has 0 unspecified atom stereocenters. The molecule has 3 aromatic carbocycles. The van der Waals surface area contributed by atoms with Crippen LogP contribution >= 0.6 is 11.8 Å². The minimum Gasteiger partial charge on any atom is -0.351 e. The van der Waals surface area contributed by atoms with Gasteiger partial charge in [0.15, 0.2) is 0 Å². The van der Waals surface area contributed by atoms with E-state index >= 15 is 0 Å². The number of para-hydroxylation sites is 1. The van der Waals surface area contributed by atoms with Gasteiger partial charge in [-0.25, -0.2) is 9.29 Å². The normalized spacial score (nSPS) is 12.8. The number of amides is 3. The number of fused-ring (bicyclic) bond motifs is 1. The van der Waals surface area contributed by atoms with Gasteiger partial charge in [-0.05, 0) is 48.4 Å². The largest absolute Gasteiger partial charge is 0.351 e. The van der Waals surface area contributed by atoms with Gasteiger partial charge in [-0.1, -0.05) is 36.4 Å². The zero-order valence-corrected chi connectivity index (χ0v) is 18.2. The number of halogens is 1. The number of nitrogens with zero attached hydrogens (tertiary/aromatic N) is 1. The predicted molar refractivity (Wildman–Crippen MR) is 124 cm³/mol. The van der Waals surface area contributed by atoms with E-state index in [1.54, 1.807) is 36.4 Å². The average Bonchev–Trinajstić information content (AvgIpc) is 3.04. The first-order valence-corrected chi connectivity index (χ1v) is 11.3. The van der Waals surface area contributed by atoms with Crippen molar-refractivity contribution < 1.29 is 18.8 Å². The molecular weight excluding hydrogens is 427 g/mol. The molecule has 3 aromatic rings. The monoisotopic (exact) mass is 448 g/mol. The lowest BCUT2D eigenvalue weighted by molar-refractivity contribution is 0.0923. The van der Waals surface area contributed by atoms with Crippen LogP contribution in [0.5, 0.6) is 0 Å². The van der Waals surface area contributed by atoms with Gasteiger partial charge < -0.3 is 5.32 Å². The fourth-order valence-electron chi connectivity index (χ4n) is 3.55. The molecule has 4 rings (SSSR count). The van der Waals surface area contributed by atoms with E-state index in [-0.39, 0.29) is 22.9 Å². The molecule has 0 aliphatic carbocycles. The van der Waals surface area contributed by atoms with Crippen molar-refractivity contribution in [2.75, 3.05) is 17.2 Å². The highest BCUT2D eigenvalue weighted by Gasteiger charge is 2.37. The summed E-state index contributed by atoms with van der Waals surface area (Å²) in [5.41, 5.74) is 2.80. The molecule has 1 heterocycles. The number of rotatable bonds is 7. The molecule has 32 heavy (non-hydrogen) atoms. The number of nitrogens with one attached hydrogen (secondary N) is 1. The van der Waals surface area contributed by atoms with Crippen molar-refractivity contribution in [2.24, 2.45) is 0 Å². The molecule has 1 aliphatic heterocycles. The number of carbonyl (C=O) groups is 3. The predicted octanol–water partition coefficient (Wildman–Crippen LogP) is 4.60. The Kier molecular flexibility index (Phi) is 6.37. The molecule has 0 bridgehead atoms. The van der Waals surface area contributed by atoms with Crippen LogP contribution in [0, 0.1) is 12.7 Å². The third kappa shape index (κ3) is 4.29. The number of aryl methyl sites for hydroxylation is 1. The van der Waals surface area contributed by atoms with Crippen LogP contribution in [0.2, 0.25) is 0 Å². The smallest absolute Gasteiger partial charge is 0.266 e. The number of carbonyl (C=O) groups excluding carboxylic acids is 3. The van der Waals surface area contributed by atoms with Crippen molar-refractivity contribution in [1.82, 2.24) is 5.32 Å². The van der Waals surface area contributed by atoms with Gasteiger partial charge in [-0.3, -0.25) is 14.4 Å². The number of anilines is 1. The molecule has 7 heteroatoms. The Balaban J connectivity index is 1.38. The van der Waals surface area contributed by atoms with Crippen molar-refractivity contribution in [3.8, 4) is 0 Å². The molecule has 0 atom stereocenters. The maximum Gasteiger partial charge on any atom is 0.266 e. The summed E-state index contributed by atoms with van der Waals surface area (Å²) in [7, 11) is 0. The maximum absolute atomic E-state index is 13.6. The second-order valence-corrected chi connectivity index (χ2v) is 8.50. The molecule has 0 aromatic heterocycles. The Hall–Kier alpha value is -3.45. The van der Waals surface area contributed by atoms with Gasteiger partial charge in [-0.2, -0.15) is 11.8 Å². The zero-order valence-electron chi connectivity index (χ0n) is 17.4. The summed E-state index contributed by atoms with van der Waals surface area (Å²) in [5, 5.41) is 2.81. The lowest BCUT2D eigenvalue weighted by Gasteiger charge is -2.16. The Morgan fingerprint density at radius 3 is 2.47 bits per heavy atom. The molecule has 162 valence electrons. The molecule has 0 saturated carbocycles. The van der Waals surface area contributed by atoms with E-state index in [0.29, 0.717) is 34.9 Å². The molecule has 1 N–H and O–H groups in total. The van der Waals surface area contributed by atoms with E-state index in [1.807, 2.05) is 19.1 Å². The summed E-state index contributed by atoms with van der Waals surface area (Å²) in [5.74, 6) is -0.254. The molecule has 0 saturated heterocycles. The third-order valence-electron chi connectivity index (χ3n) is 5.25. The van der Waals surface area contributed by atoms with Crippen molar-refractivity contribution >= 4 is 35.2 Å². The van der Waals surface area contributed by atoms with Crippen molar-refractivity contribution in [1.29, 1.82) is 0 Å². The lowest BCUT2D eigenvalue weighted by atomic mass is 10.1. The minimum absolute atomic E-state index is 0.222. The fraction of sp³-hybridized carbons (Fsp3) is 0.160. The first kappa shape index (κ1) is 21.8. The van der Waals surface area contributed by atoms with Crippen LogP contribution in [-0.4, -0.2) is 30.0 Å². The summed E-state index contributed by atoms with van der Waals surface area (Å²) >= 11 is 1.52. The Bertz CT molecular complexity index is 1210. The van der Waals surface area contributed by atoms with E-state index in [4.69, 9.17) is 0 Å². The highest BCUT2D eigenvalue weighted by atomic mass is 32.2. The van der Waals surface area contributed by atoms with Crippen LogP contribution in [0.25, 0.3) is 0 Å². The molecule has 5 nitrogen and oxygen atoms in total. The van der Waals surface area contributed by atoms with Crippen LogP contribution in [0.3, 0.4) is 0 Å². The van der Waals surface area contributed by atoms with Crippen molar-refractivity contribution in [3.63, 3.8) is 0 Å². The topological polar surface area (TPSA) is 66.5 Å². The molecule has 0 fully saturated rings. The van der Waals surface area contributed by atoms with Crippen LogP contribution in [0.4, 0.5) is 10.1 Å². The zero-order chi connectivity index (χ0) is 22.7. The van der Waals surface area contributed by atoms with E-state index in [0.717, 1.165) is 10.5 Å². The second kappa shape index (κ2) is 9.36. The van der Waals surface area contributed by atoms with Gasteiger partial charge >= 0.3 is 0 Å². The summed E-state index contributed by atoms with van der Waals surface area (Å²) in [6, 6.07) is 18.3. The number of hydrogen-bond acceptors (Lipinski definition) is 4. The van der Waals surface area contributed by atoms with E-state index in [9.17, 15) is 18.8 Å². The van der Waals surface area contributed by atoms with Gasteiger partial charge in [0, 0.05) is 23.6 Å². The number of benzene rings is 3. The maximum atomic E-state index is 13.6. The van der Waals surface area contributed by atoms with E-state index in [1.165, 1.54) is 30.0 Å². The van der Waals surface area contributed by atoms with Gasteiger partial charge in [0.2, 0.25) is 0 Å². The van der Waals surface area contributed by atoms with E-state index < -0.39 is 11.8 Å². The first-order valence-electron chi connectivity index (χ1n) is 10.1. The fourth-order valence-corrected chi connectivity index (χ4v) is 4.40. The second-order valence-electron chi connectivity index (χ2n) is 7.39. The first-order chi connectivity index (χ1) is 15.5. The minimum atomic E-state index is -0.436. The van der Waals surface area contributed by atoms with Gasteiger partial charge in [0.25, 0.3) is 17.7 Å². The Labute approximate surface area is 189 Å². The number of hydrogen-bond donors (Lipinski definition) is 1. The van der Waals surface area contributed by atoms with Crippen LogP contribution < -0.4 is 10.2 Å². The SMILES string of the molecule is Cc1ccccc1N1C(=O)c2ccc(C(=O)NCCSCc3ccccc3F)cc2C1=O. The summed E-state index contributed by atoms with van der Waals surface area (Å²) < 4.78 is 13.6. The Morgan fingerprint density at radius 1 is 0.969 bits per heavy atom. The van der Waals surface area contributed by atoms with Gasteiger partial charge in [0.05, 0.1) is 16.8 Å². The number of imide groups is 1. The molecular formula is C25H21FN2O3S.